The number of ether oxygens (including phenoxy) is 1. The average Bonchev–Trinajstić information content (AvgIpc) is 2.37. The first-order valence-corrected chi connectivity index (χ1v) is 7.24. The zero-order valence-electron chi connectivity index (χ0n) is 10.6. The zero-order valence-corrected chi connectivity index (χ0v) is 11.4. The summed E-state index contributed by atoms with van der Waals surface area (Å²) in [4.78, 5) is 4.07. The summed E-state index contributed by atoms with van der Waals surface area (Å²) >= 11 is 0. The van der Waals surface area contributed by atoms with Gasteiger partial charge in [0.2, 0.25) is 10.0 Å². The molecule has 0 aliphatic heterocycles. The summed E-state index contributed by atoms with van der Waals surface area (Å²) in [5.41, 5.74) is 5.83. The molecule has 0 aliphatic carbocycles. The number of hydrogen-bond donors (Lipinski definition) is 2. The lowest BCUT2D eigenvalue weighted by Gasteiger charge is -2.14. The summed E-state index contributed by atoms with van der Waals surface area (Å²) in [5, 5.41) is 0. The summed E-state index contributed by atoms with van der Waals surface area (Å²) in [7, 11) is -3.59. The van der Waals surface area contributed by atoms with Crippen LogP contribution in [0.25, 0.3) is 0 Å². The van der Waals surface area contributed by atoms with E-state index in [-0.39, 0.29) is 24.1 Å². The number of nitrogens with one attached hydrogen (secondary N) is 1. The fourth-order valence-corrected chi connectivity index (χ4v) is 2.78. The molecule has 1 aromatic rings. The average molecular weight is 273 g/mol. The molecule has 0 aliphatic rings. The van der Waals surface area contributed by atoms with E-state index >= 15 is 0 Å². The highest BCUT2D eigenvalue weighted by Gasteiger charge is 2.19. The summed E-state index contributed by atoms with van der Waals surface area (Å²) in [6.45, 7) is 4.51. The molecule has 7 heteroatoms. The smallest absolute Gasteiger partial charge is 0.242 e. The van der Waals surface area contributed by atoms with Crippen molar-refractivity contribution in [1.29, 1.82) is 0 Å². The van der Waals surface area contributed by atoms with E-state index in [9.17, 15) is 8.42 Å². The largest absolute Gasteiger partial charge is 0.377 e. The predicted octanol–water partition coefficient (Wildman–Crippen LogP) is 0.244. The van der Waals surface area contributed by atoms with Crippen molar-refractivity contribution >= 4 is 10.0 Å². The first-order chi connectivity index (χ1) is 8.51. The molecular formula is C11H19N3O3S. The van der Waals surface area contributed by atoms with Crippen molar-refractivity contribution in [3.63, 3.8) is 0 Å². The Morgan fingerprint density at radius 3 is 2.89 bits per heavy atom. The second kappa shape index (κ2) is 6.79. The van der Waals surface area contributed by atoms with Gasteiger partial charge in [-0.1, -0.05) is 0 Å². The van der Waals surface area contributed by atoms with Gasteiger partial charge in [0, 0.05) is 25.9 Å². The van der Waals surface area contributed by atoms with Crippen LogP contribution in [0, 0.1) is 0 Å². The number of nitrogens with zero attached hydrogens (tertiary/aromatic N) is 1. The van der Waals surface area contributed by atoms with Gasteiger partial charge in [0.25, 0.3) is 0 Å². The van der Waals surface area contributed by atoms with Gasteiger partial charge in [-0.2, -0.15) is 0 Å². The number of nitrogens with two attached hydrogens (primary N) is 1. The van der Waals surface area contributed by atoms with E-state index in [0.717, 1.165) is 0 Å². The Morgan fingerprint density at radius 2 is 2.28 bits per heavy atom. The highest BCUT2D eigenvalue weighted by molar-refractivity contribution is 7.89. The van der Waals surface area contributed by atoms with Crippen LogP contribution in [0.15, 0.2) is 23.2 Å². The Kier molecular flexibility index (Phi) is 5.67. The van der Waals surface area contributed by atoms with Gasteiger partial charge in [0.15, 0.2) is 0 Å². The van der Waals surface area contributed by atoms with Crippen LogP contribution in [0.5, 0.6) is 0 Å². The first kappa shape index (κ1) is 15.0. The van der Waals surface area contributed by atoms with Crippen LogP contribution in [-0.2, 0) is 21.3 Å². The van der Waals surface area contributed by atoms with Gasteiger partial charge >= 0.3 is 0 Å². The van der Waals surface area contributed by atoms with Crippen molar-refractivity contribution in [2.24, 2.45) is 5.73 Å². The molecule has 0 aromatic carbocycles. The molecule has 0 radical (unpaired) electrons. The van der Waals surface area contributed by atoms with Crippen molar-refractivity contribution in [3.05, 3.63) is 24.0 Å². The van der Waals surface area contributed by atoms with E-state index in [1.165, 1.54) is 12.3 Å². The van der Waals surface area contributed by atoms with Crippen LogP contribution in [0.4, 0.5) is 0 Å². The maximum Gasteiger partial charge on any atom is 0.242 e. The molecule has 1 unspecified atom stereocenters. The number of rotatable bonds is 7. The van der Waals surface area contributed by atoms with E-state index in [0.29, 0.717) is 12.3 Å². The SMILES string of the molecule is CCOC(C)CNS(=O)(=O)c1cccnc1CN. The summed E-state index contributed by atoms with van der Waals surface area (Å²) in [6.07, 6.45) is 1.34. The second-order valence-electron chi connectivity index (χ2n) is 3.77. The number of aromatic nitrogens is 1. The standard InChI is InChI=1S/C11H19N3O3S/c1-3-17-9(2)8-14-18(15,16)11-5-4-6-13-10(11)7-12/h4-6,9,14H,3,7-8,12H2,1-2H3. The van der Waals surface area contributed by atoms with Gasteiger partial charge < -0.3 is 10.5 Å². The van der Waals surface area contributed by atoms with Crippen molar-refractivity contribution in [2.75, 3.05) is 13.2 Å². The molecule has 1 rings (SSSR count). The Morgan fingerprint density at radius 1 is 1.56 bits per heavy atom. The molecule has 0 saturated carbocycles. The molecule has 102 valence electrons. The molecule has 0 amide bonds. The van der Waals surface area contributed by atoms with E-state index in [4.69, 9.17) is 10.5 Å². The van der Waals surface area contributed by atoms with Gasteiger partial charge in [-0.25, -0.2) is 13.1 Å². The molecule has 0 saturated heterocycles. The third-order valence-electron chi connectivity index (χ3n) is 2.34. The van der Waals surface area contributed by atoms with Crippen LogP contribution < -0.4 is 10.5 Å². The number of hydrogen-bond acceptors (Lipinski definition) is 5. The monoisotopic (exact) mass is 273 g/mol. The molecular weight excluding hydrogens is 254 g/mol. The molecule has 18 heavy (non-hydrogen) atoms. The maximum atomic E-state index is 12.1. The Balaban J connectivity index is 2.80. The number of pyridine rings is 1. The quantitative estimate of drug-likeness (QED) is 0.742. The molecule has 3 N–H and O–H groups in total. The van der Waals surface area contributed by atoms with E-state index in [1.807, 2.05) is 6.92 Å². The minimum Gasteiger partial charge on any atom is -0.377 e. The zero-order chi connectivity index (χ0) is 13.6. The van der Waals surface area contributed by atoms with Crippen molar-refractivity contribution in [3.8, 4) is 0 Å². The highest BCUT2D eigenvalue weighted by atomic mass is 32.2. The molecule has 0 spiro atoms. The minimum atomic E-state index is -3.59. The summed E-state index contributed by atoms with van der Waals surface area (Å²) in [6, 6.07) is 3.06. The van der Waals surface area contributed by atoms with Crippen molar-refractivity contribution in [2.45, 2.75) is 31.4 Å². The lowest BCUT2D eigenvalue weighted by atomic mass is 10.3. The van der Waals surface area contributed by atoms with Gasteiger partial charge in [-0.15, -0.1) is 0 Å². The topological polar surface area (TPSA) is 94.3 Å². The van der Waals surface area contributed by atoms with Crippen LogP contribution >= 0.6 is 0 Å². The maximum absolute atomic E-state index is 12.1. The van der Waals surface area contributed by atoms with Crippen LogP contribution in [0.3, 0.4) is 0 Å². The fourth-order valence-electron chi connectivity index (χ4n) is 1.47. The molecule has 0 fully saturated rings. The van der Waals surface area contributed by atoms with Crippen LogP contribution in [0.2, 0.25) is 0 Å². The van der Waals surface area contributed by atoms with Crippen molar-refractivity contribution in [1.82, 2.24) is 9.71 Å². The Labute approximate surface area is 108 Å². The molecule has 1 aromatic heterocycles. The summed E-state index contributed by atoms with van der Waals surface area (Å²) < 4.78 is 31.9. The highest BCUT2D eigenvalue weighted by Crippen LogP contribution is 2.12. The van der Waals surface area contributed by atoms with Gasteiger partial charge in [-0.05, 0) is 26.0 Å². The molecule has 6 nitrogen and oxygen atoms in total. The molecule has 0 bridgehead atoms. The van der Waals surface area contributed by atoms with Crippen LogP contribution in [-0.4, -0.2) is 32.7 Å². The first-order valence-electron chi connectivity index (χ1n) is 5.76. The predicted molar refractivity (Wildman–Crippen MR) is 68.4 cm³/mol. The fraction of sp³-hybridized carbons (Fsp3) is 0.545. The van der Waals surface area contributed by atoms with Crippen molar-refractivity contribution < 1.29 is 13.2 Å². The normalized spacial score (nSPS) is 13.5. The lowest BCUT2D eigenvalue weighted by molar-refractivity contribution is 0.0799. The Hall–Kier alpha value is -1.02. The third-order valence-corrected chi connectivity index (χ3v) is 3.84. The third kappa shape index (κ3) is 4.02. The van der Waals surface area contributed by atoms with Gasteiger partial charge in [-0.3, -0.25) is 4.98 Å². The summed E-state index contributed by atoms with van der Waals surface area (Å²) in [5.74, 6) is 0. The number of sulfonamides is 1. The van der Waals surface area contributed by atoms with Crippen LogP contribution in [0.1, 0.15) is 19.5 Å². The molecule has 1 atom stereocenters. The second-order valence-corrected chi connectivity index (χ2v) is 5.51. The lowest BCUT2D eigenvalue weighted by Crippen LogP contribution is -2.33. The minimum absolute atomic E-state index is 0.0814. The van der Waals surface area contributed by atoms with E-state index < -0.39 is 10.0 Å². The van der Waals surface area contributed by atoms with Gasteiger partial charge in [0.05, 0.1) is 11.8 Å². The van der Waals surface area contributed by atoms with E-state index in [2.05, 4.69) is 9.71 Å². The molecule has 1 heterocycles. The van der Waals surface area contributed by atoms with Gasteiger partial charge in [0.1, 0.15) is 4.90 Å². The Bertz CT molecular complexity index is 476. The van der Waals surface area contributed by atoms with E-state index in [1.54, 1.807) is 13.0 Å².